The van der Waals surface area contributed by atoms with E-state index in [1.54, 1.807) is 7.05 Å². The summed E-state index contributed by atoms with van der Waals surface area (Å²) in [4.78, 5) is 0. The predicted octanol–water partition coefficient (Wildman–Crippen LogP) is 3.08. The fourth-order valence-electron chi connectivity index (χ4n) is 1.45. The van der Waals surface area contributed by atoms with Crippen LogP contribution in [-0.2, 0) is 12.7 Å². The third-order valence-corrected chi connectivity index (χ3v) is 3.28. The minimum atomic E-state index is -4.51. The molecule has 1 N–H and O–H groups in total. The van der Waals surface area contributed by atoms with Crippen LogP contribution in [0.4, 0.5) is 17.6 Å². The molecular formula is C11H9F4N3S. The lowest BCUT2D eigenvalue weighted by atomic mass is 10.1. The van der Waals surface area contributed by atoms with Crippen LogP contribution >= 0.6 is 11.3 Å². The lowest BCUT2D eigenvalue weighted by Crippen LogP contribution is -2.05. The summed E-state index contributed by atoms with van der Waals surface area (Å²) in [6, 6.07) is 2.24. The van der Waals surface area contributed by atoms with Crippen molar-refractivity contribution in [2.45, 2.75) is 12.7 Å². The zero-order chi connectivity index (χ0) is 14.0. The third kappa shape index (κ3) is 3.07. The van der Waals surface area contributed by atoms with Gasteiger partial charge in [-0.05, 0) is 25.2 Å². The Hall–Kier alpha value is -1.54. The monoisotopic (exact) mass is 291 g/mol. The Bertz CT molecular complexity index is 580. The van der Waals surface area contributed by atoms with Crippen LogP contribution in [0.5, 0.6) is 0 Å². The van der Waals surface area contributed by atoms with Gasteiger partial charge in [-0.15, -0.1) is 10.2 Å². The average Bonchev–Trinajstić information content (AvgIpc) is 2.77. The number of nitrogens with one attached hydrogen (secondary N) is 1. The smallest absolute Gasteiger partial charge is 0.313 e. The minimum absolute atomic E-state index is 0.133. The van der Waals surface area contributed by atoms with Crippen LogP contribution in [0.25, 0.3) is 10.6 Å². The summed E-state index contributed by atoms with van der Waals surface area (Å²) in [5.74, 6) is -0.750. The largest absolute Gasteiger partial charge is 0.416 e. The van der Waals surface area contributed by atoms with Gasteiger partial charge in [0, 0.05) is 12.1 Å². The molecule has 0 atom stereocenters. The maximum atomic E-state index is 13.6. The normalized spacial score (nSPS) is 11.8. The Morgan fingerprint density at radius 2 is 2.00 bits per heavy atom. The number of rotatable bonds is 3. The molecule has 1 aromatic carbocycles. The van der Waals surface area contributed by atoms with Gasteiger partial charge in [0.05, 0.1) is 5.56 Å². The Kier molecular flexibility index (Phi) is 3.81. The molecular weight excluding hydrogens is 282 g/mol. The zero-order valence-corrected chi connectivity index (χ0v) is 10.6. The van der Waals surface area contributed by atoms with Gasteiger partial charge in [0.2, 0.25) is 0 Å². The molecule has 0 saturated heterocycles. The van der Waals surface area contributed by atoms with Gasteiger partial charge in [-0.3, -0.25) is 0 Å². The van der Waals surface area contributed by atoms with Gasteiger partial charge in [-0.1, -0.05) is 11.3 Å². The van der Waals surface area contributed by atoms with Crippen molar-refractivity contribution < 1.29 is 17.6 Å². The van der Waals surface area contributed by atoms with Gasteiger partial charge >= 0.3 is 6.18 Å². The number of nitrogens with zero attached hydrogens (tertiary/aromatic N) is 2. The number of halogens is 4. The van der Waals surface area contributed by atoms with Crippen molar-refractivity contribution in [2.75, 3.05) is 7.05 Å². The zero-order valence-electron chi connectivity index (χ0n) is 9.75. The molecule has 0 aliphatic heterocycles. The summed E-state index contributed by atoms with van der Waals surface area (Å²) in [6.45, 7) is 0.429. The second-order valence-electron chi connectivity index (χ2n) is 3.72. The SMILES string of the molecule is CNCc1nnc(-c2cc(C(F)(F)F)ccc2F)s1. The first-order valence-electron chi connectivity index (χ1n) is 5.26. The topological polar surface area (TPSA) is 37.8 Å². The number of benzene rings is 1. The van der Waals surface area contributed by atoms with E-state index < -0.39 is 17.6 Å². The summed E-state index contributed by atoms with van der Waals surface area (Å²) >= 11 is 1.05. The molecule has 0 aliphatic rings. The van der Waals surface area contributed by atoms with Gasteiger partial charge in [-0.2, -0.15) is 13.2 Å². The molecule has 0 amide bonds. The molecule has 19 heavy (non-hydrogen) atoms. The summed E-state index contributed by atoms with van der Waals surface area (Å²) in [7, 11) is 1.70. The van der Waals surface area contributed by atoms with Gasteiger partial charge in [0.1, 0.15) is 10.8 Å². The molecule has 0 aliphatic carbocycles. The van der Waals surface area contributed by atoms with E-state index in [4.69, 9.17) is 0 Å². The molecule has 102 valence electrons. The highest BCUT2D eigenvalue weighted by molar-refractivity contribution is 7.14. The molecule has 3 nitrogen and oxygen atoms in total. The van der Waals surface area contributed by atoms with Gasteiger partial charge in [-0.25, -0.2) is 4.39 Å². The highest BCUT2D eigenvalue weighted by Crippen LogP contribution is 2.34. The Balaban J connectivity index is 2.42. The van der Waals surface area contributed by atoms with E-state index in [1.807, 2.05) is 0 Å². The molecule has 0 bridgehead atoms. The van der Waals surface area contributed by atoms with E-state index in [2.05, 4.69) is 15.5 Å². The van der Waals surface area contributed by atoms with Crippen molar-refractivity contribution in [3.8, 4) is 10.6 Å². The van der Waals surface area contributed by atoms with Crippen molar-refractivity contribution in [1.29, 1.82) is 0 Å². The van der Waals surface area contributed by atoms with Crippen LogP contribution in [0, 0.1) is 5.82 Å². The van der Waals surface area contributed by atoms with Crippen LogP contribution in [-0.4, -0.2) is 17.2 Å². The number of alkyl halides is 3. The van der Waals surface area contributed by atoms with Gasteiger partial charge in [0.15, 0.2) is 5.01 Å². The molecule has 1 aromatic heterocycles. The first-order chi connectivity index (χ1) is 8.91. The van der Waals surface area contributed by atoms with E-state index in [0.29, 0.717) is 17.6 Å². The van der Waals surface area contributed by atoms with Crippen molar-refractivity contribution in [3.05, 3.63) is 34.6 Å². The second-order valence-corrected chi connectivity index (χ2v) is 4.79. The summed E-state index contributed by atoms with van der Waals surface area (Å²) in [5.41, 5.74) is -1.09. The molecule has 0 saturated carbocycles. The van der Waals surface area contributed by atoms with Gasteiger partial charge < -0.3 is 5.32 Å². The fourth-order valence-corrected chi connectivity index (χ4v) is 2.32. The fraction of sp³-hybridized carbons (Fsp3) is 0.273. The molecule has 1 heterocycles. The molecule has 0 spiro atoms. The van der Waals surface area contributed by atoms with E-state index >= 15 is 0 Å². The lowest BCUT2D eigenvalue weighted by Gasteiger charge is -2.07. The maximum absolute atomic E-state index is 13.6. The van der Waals surface area contributed by atoms with Crippen LogP contribution in [0.1, 0.15) is 10.6 Å². The second kappa shape index (κ2) is 5.22. The summed E-state index contributed by atoms with van der Waals surface area (Å²) in [6.07, 6.45) is -4.51. The minimum Gasteiger partial charge on any atom is -0.313 e. The number of aromatic nitrogens is 2. The third-order valence-electron chi connectivity index (χ3n) is 2.32. The maximum Gasteiger partial charge on any atom is 0.416 e. The van der Waals surface area contributed by atoms with Crippen LogP contribution in [0.15, 0.2) is 18.2 Å². The van der Waals surface area contributed by atoms with Crippen LogP contribution < -0.4 is 5.32 Å². The standard InChI is InChI=1S/C11H9F4N3S/c1-16-5-9-17-18-10(19-9)7-4-6(11(13,14)15)2-3-8(7)12/h2-4,16H,5H2,1H3. The molecule has 0 radical (unpaired) electrons. The Morgan fingerprint density at radius 3 is 2.63 bits per heavy atom. The Labute approximate surface area is 110 Å². The summed E-state index contributed by atoms with van der Waals surface area (Å²) in [5, 5.41) is 11.0. The van der Waals surface area contributed by atoms with Crippen molar-refractivity contribution >= 4 is 11.3 Å². The predicted molar refractivity (Wildman–Crippen MR) is 63.1 cm³/mol. The van der Waals surface area contributed by atoms with Crippen LogP contribution in [0.3, 0.4) is 0 Å². The number of hydrogen-bond donors (Lipinski definition) is 1. The molecule has 0 unspecified atom stereocenters. The van der Waals surface area contributed by atoms with E-state index in [9.17, 15) is 17.6 Å². The lowest BCUT2D eigenvalue weighted by molar-refractivity contribution is -0.137. The molecule has 2 rings (SSSR count). The highest BCUT2D eigenvalue weighted by atomic mass is 32.1. The van der Waals surface area contributed by atoms with Crippen LogP contribution in [0.2, 0.25) is 0 Å². The molecule has 0 fully saturated rings. The van der Waals surface area contributed by atoms with Gasteiger partial charge in [0.25, 0.3) is 0 Å². The van der Waals surface area contributed by atoms with Crippen molar-refractivity contribution in [2.24, 2.45) is 0 Å². The van der Waals surface area contributed by atoms with Crippen molar-refractivity contribution in [3.63, 3.8) is 0 Å². The van der Waals surface area contributed by atoms with Crippen molar-refractivity contribution in [1.82, 2.24) is 15.5 Å². The average molecular weight is 291 g/mol. The summed E-state index contributed by atoms with van der Waals surface area (Å²) < 4.78 is 51.3. The molecule has 8 heteroatoms. The van der Waals surface area contributed by atoms with E-state index in [1.165, 1.54) is 0 Å². The number of hydrogen-bond acceptors (Lipinski definition) is 4. The Morgan fingerprint density at radius 1 is 1.26 bits per heavy atom. The first kappa shape index (κ1) is 13.9. The highest BCUT2D eigenvalue weighted by Gasteiger charge is 2.31. The van der Waals surface area contributed by atoms with E-state index in [-0.39, 0.29) is 10.6 Å². The first-order valence-corrected chi connectivity index (χ1v) is 6.07. The van der Waals surface area contributed by atoms with E-state index in [0.717, 1.165) is 23.5 Å². The quantitative estimate of drug-likeness (QED) is 0.883. The molecule has 2 aromatic rings.